The van der Waals surface area contributed by atoms with E-state index >= 15 is 0 Å². The van der Waals surface area contributed by atoms with Crippen molar-refractivity contribution in [1.82, 2.24) is 4.90 Å². The van der Waals surface area contributed by atoms with Gasteiger partial charge in [-0.15, -0.1) is 12.4 Å². The van der Waals surface area contributed by atoms with Crippen molar-refractivity contribution in [3.8, 4) is 11.5 Å². The van der Waals surface area contributed by atoms with Gasteiger partial charge in [0.15, 0.2) is 11.5 Å². The van der Waals surface area contributed by atoms with Crippen molar-refractivity contribution in [2.45, 2.75) is 32.2 Å². The Labute approximate surface area is 173 Å². The first kappa shape index (κ1) is 22.1. The van der Waals surface area contributed by atoms with Gasteiger partial charge in [0.2, 0.25) is 0 Å². The molecule has 0 bridgehead atoms. The highest BCUT2D eigenvalue weighted by molar-refractivity contribution is 5.95. The van der Waals surface area contributed by atoms with Crippen molar-refractivity contribution in [2.24, 2.45) is 5.73 Å². The maximum atomic E-state index is 13.0. The van der Waals surface area contributed by atoms with Gasteiger partial charge in [0, 0.05) is 30.6 Å². The summed E-state index contributed by atoms with van der Waals surface area (Å²) in [6.07, 6.45) is 0.915. The summed E-state index contributed by atoms with van der Waals surface area (Å²) in [6.45, 7) is 6.29. The minimum atomic E-state index is -0.0603. The van der Waals surface area contributed by atoms with Gasteiger partial charge in [0.1, 0.15) is 0 Å². The molecule has 152 valence electrons. The van der Waals surface area contributed by atoms with Gasteiger partial charge in [-0.25, -0.2) is 0 Å². The van der Waals surface area contributed by atoms with Crippen LogP contribution in [0, 0.1) is 0 Å². The van der Waals surface area contributed by atoms with E-state index in [0.717, 1.165) is 6.42 Å². The first-order chi connectivity index (χ1) is 13.1. The fourth-order valence-corrected chi connectivity index (χ4v) is 3.47. The number of amides is 1. The summed E-state index contributed by atoms with van der Waals surface area (Å²) in [4.78, 5) is 14.9. The zero-order valence-corrected chi connectivity index (χ0v) is 17.3. The molecule has 0 spiro atoms. The Bertz CT molecular complexity index is 770. The summed E-state index contributed by atoms with van der Waals surface area (Å²) >= 11 is 0. The maximum absolute atomic E-state index is 13.0. The van der Waals surface area contributed by atoms with Crippen molar-refractivity contribution in [2.75, 3.05) is 26.3 Å². The van der Waals surface area contributed by atoms with Gasteiger partial charge in [0.05, 0.1) is 13.2 Å². The van der Waals surface area contributed by atoms with E-state index in [9.17, 15) is 4.79 Å². The molecule has 0 aliphatic carbocycles. The average Bonchev–Trinajstić information content (AvgIpc) is 3.09. The normalized spacial score (nSPS) is 18.5. The molecule has 2 aromatic carbocycles. The van der Waals surface area contributed by atoms with E-state index in [2.05, 4.69) is 19.1 Å². The molecule has 5 nitrogen and oxygen atoms in total. The smallest absolute Gasteiger partial charge is 0.254 e. The van der Waals surface area contributed by atoms with Gasteiger partial charge in [-0.05, 0) is 37.1 Å². The SMILES string of the molecule is CCCOc1ccc(C(=O)N2C[C@@H](N)[C@H](c3ccccc3)C2)cc1OCC.Cl. The van der Waals surface area contributed by atoms with Crippen molar-refractivity contribution >= 4 is 18.3 Å². The van der Waals surface area contributed by atoms with Crippen LogP contribution < -0.4 is 15.2 Å². The van der Waals surface area contributed by atoms with Crippen molar-refractivity contribution in [3.05, 3.63) is 59.7 Å². The van der Waals surface area contributed by atoms with Gasteiger partial charge in [0.25, 0.3) is 5.91 Å². The summed E-state index contributed by atoms with van der Waals surface area (Å²) in [5.41, 5.74) is 8.11. The van der Waals surface area contributed by atoms with Crippen molar-refractivity contribution in [3.63, 3.8) is 0 Å². The fraction of sp³-hybridized carbons (Fsp3) is 0.409. The summed E-state index contributed by atoms with van der Waals surface area (Å²) in [5, 5.41) is 0. The summed E-state index contributed by atoms with van der Waals surface area (Å²) in [6, 6.07) is 15.5. The molecule has 1 fully saturated rings. The molecule has 28 heavy (non-hydrogen) atoms. The molecule has 1 aliphatic heterocycles. The van der Waals surface area contributed by atoms with E-state index in [0.29, 0.717) is 43.4 Å². The van der Waals surface area contributed by atoms with Crippen LogP contribution in [-0.2, 0) is 0 Å². The van der Waals surface area contributed by atoms with Gasteiger partial charge >= 0.3 is 0 Å². The van der Waals surface area contributed by atoms with E-state index in [1.165, 1.54) is 5.56 Å². The zero-order chi connectivity index (χ0) is 19.2. The molecule has 0 saturated carbocycles. The van der Waals surface area contributed by atoms with Crippen LogP contribution in [0.2, 0.25) is 0 Å². The second-order valence-electron chi connectivity index (χ2n) is 6.83. The van der Waals surface area contributed by atoms with Gasteiger partial charge < -0.3 is 20.1 Å². The number of carbonyl (C=O) groups is 1. The van der Waals surface area contributed by atoms with Gasteiger partial charge in [-0.3, -0.25) is 4.79 Å². The number of nitrogens with two attached hydrogens (primary N) is 1. The molecule has 2 atom stereocenters. The third-order valence-electron chi connectivity index (χ3n) is 4.83. The largest absolute Gasteiger partial charge is 0.490 e. The molecule has 0 radical (unpaired) electrons. The maximum Gasteiger partial charge on any atom is 0.254 e. The quantitative estimate of drug-likeness (QED) is 0.760. The number of hydrogen-bond acceptors (Lipinski definition) is 4. The second-order valence-corrected chi connectivity index (χ2v) is 6.83. The number of halogens is 1. The molecule has 2 aromatic rings. The number of rotatable bonds is 7. The Kier molecular flexibility index (Phi) is 8.15. The Morgan fingerprint density at radius 1 is 1.07 bits per heavy atom. The van der Waals surface area contributed by atoms with E-state index in [1.807, 2.05) is 36.1 Å². The topological polar surface area (TPSA) is 64.8 Å². The molecule has 6 heteroatoms. The van der Waals surface area contributed by atoms with Crippen molar-refractivity contribution < 1.29 is 14.3 Å². The molecule has 3 rings (SSSR count). The first-order valence-electron chi connectivity index (χ1n) is 9.63. The minimum absolute atomic E-state index is 0. The average molecular weight is 405 g/mol. The van der Waals surface area contributed by atoms with Crippen LogP contribution in [0.25, 0.3) is 0 Å². The second kappa shape index (κ2) is 10.3. The predicted octanol–water partition coefficient (Wildman–Crippen LogP) is 3.86. The predicted molar refractivity (Wildman–Crippen MR) is 114 cm³/mol. The third-order valence-corrected chi connectivity index (χ3v) is 4.83. The lowest BCUT2D eigenvalue weighted by molar-refractivity contribution is 0.0788. The van der Waals surface area contributed by atoms with Crippen LogP contribution in [0.15, 0.2) is 48.5 Å². The van der Waals surface area contributed by atoms with E-state index in [1.54, 1.807) is 12.1 Å². The molecule has 0 aromatic heterocycles. The standard InChI is InChI=1S/C22H28N2O3.ClH/c1-3-12-27-20-11-10-17(13-21(20)26-4-2)22(25)24-14-18(19(23)15-24)16-8-6-5-7-9-16;/h5-11,13,18-19H,3-4,12,14-15,23H2,1-2H3;1H/t18-,19+;/m0./s1. The Morgan fingerprint density at radius 3 is 2.50 bits per heavy atom. The Morgan fingerprint density at radius 2 is 1.82 bits per heavy atom. The van der Waals surface area contributed by atoms with Gasteiger partial charge in [-0.1, -0.05) is 37.3 Å². The lowest BCUT2D eigenvalue weighted by Crippen LogP contribution is -2.32. The summed E-state index contributed by atoms with van der Waals surface area (Å²) in [7, 11) is 0. The Hall–Kier alpha value is -2.24. The molecule has 1 aliphatic rings. The lowest BCUT2D eigenvalue weighted by atomic mass is 9.95. The number of benzene rings is 2. The monoisotopic (exact) mass is 404 g/mol. The number of carbonyl (C=O) groups excluding carboxylic acids is 1. The molecule has 0 unspecified atom stereocenters. The van der Waals surface area contributed by atoms with Gasteiger partial charge in [-0.2, -0.15) is 0 Å². The molecular weight excluding hydrogens is 376 g/mol. The first-order valence-corrected chi connectivity index (χ1v) is 9.63. The summed E-state index contributed by atoms with van der Waals surface area (Å²) in [5.74, 6) is 1.43. The molecule has 1 heterocycles. The number of nitrogens with zero attached hydrogens (tertiary/aromatic N) is 1. The van der Waals surface area contributed by atoms with Crippen molar-refractivity contribution in [1.29, 1.82) is 0 Å². The molecule has 1 amide bonds. The fourth-order valence-electron chi connectivity index (χ4n) is 3.47. The lowest BCUT2D eigenvalue weighted by Gasteiger charge is -2.18. The molecule has 2 N–H and O–H groups in total. The minimum Gasteiger partial charge on any atom is -0.490 e. The number of ether oxygens (including phenoxy) is 2. The van der Waals surface area contributed by atoms with Crippen LogP contribution in [0.3, 0.4) is 0 Å². The van der Waals surface area contributed by atoms with Crippen LogP contribution >= 0.6 is 12.4 Å². The van der Waals surface area contributed by atoms with Crippen LogP contribution in [0.4, 0.5) is 0 Å². The van der Waals surface area contributed by atoms with Crippen LogP contribution in [0.1, 0.15) is 42.1 Å². The third kappa shape index (κ3) is 4.97. The zero-order valence-electron chi connectivity index (χ0n) is 16.5. The molecule has 1 saturated heterocycles. The number of hydrogen-bond donors (Lipinski definition) is 1. The highest BCUT2D eigenvalue weighted by Gasteiger charge is 2.34. The summed E-state index contributed by atoms with van der Waals surface area (Å²) < 4.78 is 11.4. The van der Waals surface area contributed by atoms with Crippen LogP contribution in [0.5, 0.6) is 11.5 Å². The van der Waals surface area contributed by atoms with E-state index in [4.69, 9.17) is 15.2 Å². The Balaban J connectivity index is 0.00000280. The highest BCUT2D eigenvalue weighted by Crippen LogP contribution is 2.31. The van der Waals surface area contributed by atoms with E-state index < -0.39 is 0 Å². The van der Waals surface area contributed by atoms with E-state index in [-0.39, 0.29) is 30.3 Å². The number of likely N-dealkylation sites (tertiary alicyclic amines) is 1. The molecular formula is C22H29ClN2O3. The van der Waals surface area contributed by atoms with Crippen LogP contribution in [-0.4, -0.2) is 43.2 Å². The highest BCUT2D eigenvalue weighted by atomic mass is 35.5.